The molecule has 0 amide bonds. The second-order valence-electron chi connectivity index (χ2n) is 6.07. The van der Waals surface area contributed by atoms with Crippen molar-refractivity contribution in [3.63, 3.8) is 0 Å². The second-order valence-corrected chi connectivity index (χ2v) is 7.22. The van der Waals surface area contributed by atoms with Crippen molar-refractivity contribution in [2.75, 3.05) is 18.6 Å². The topological polar surface area (TPSA) is 44.5 Å². The molecule has 1 saturated heterocycles. The Hall–Kier alpha value is -0.870. The summed E-state index contributed by atoms with van der Waals surface area (Å²) in [5.74, 6) is 3.99. The standard InChI is InChI=1S/C16H25NO2S/c1-16(2,17)10-12-6-4-8-14(18-3)15(12)19-13-7-5-9-20-11-13/h4,6,8,13H,5,7,9-11,17H2,1-3H3. The van der Waals surface area contributed by atoms with Gasteiger partial charge in [0.1, 0.15) is 6.10 Å². The van der Waals surface area contributed by atoms with Gasteiger partial charge in [0.25, 0.3) is 0 Å². The molecule has 1 aliphatic heterocycles. The van der Waals surface area contributed by atoms with Crippen LogP contribution in [0.4, 0.5) is 0 Å². The van der Waals surface area contributed by atoms with E-state index in [-0.39, 0.29) is 11.6 Å². The fraction of sp³-hybridized carbons (Fsp3) is 0.625. The van der Waals surface area contributed by atoms with Crippen LogP contribution in [-0.4, -0.2) is 30.3 Å². The summed E-state index contributed by atoms with van der Waals surface area (Å²) in [4.78, 5) is 0. The molecule has 0 radical (unpaired) electrons. The summed E-state index contributed by atoms with van der Waals surface area (Å²) in [6, 6.07) is 6.04. The van der Waals surface area contributed by atoms with Gasteiger partial charge in [-0.2, -0.15) is 11.8 Å². The lowest BCUT2D eigenvalue weighted by atomic mass is 9.95. The zero-order chi connectivity index (χ0) is 14.6. The van der Waals surface area contributed by atoms with Crippen molar-refractivity contribution >= 4 is 11.8 Å². The zero-order valence-electron chi connectivity index (χ0n) is 12.6. The summed E-state index contributed by atoms with van der Waals surface area (Å²) >= 11 is 1.96. The third-order valence-electron chi connectivity index (χ3n) is 3.33. The highest BCUT2D eigenvalue weighted by Gasteiger charge is 2.22. The minimum Gasteiger partial charge on any atom is -0.493 e. The van der Waals surface area contributed by atoms with E-state index in [9.17, 15) is 0 Å². The maximum absolute atomic E-state index is 6.25. The van der Waals surface area contributed by atoms with Crippen LogP contribution in [0.5, 0.6) is 11.5 Å². The van der Waals surface area contributed by atoms with Gasteiger partial charge in [-0.15, -0.1) is 0 Å². The van der Waals surface area contributed by atoms with E-state index < -0.39 is 0 Å². The van der Waals surface area contributed by atoms with E-state index in [1.807, 2.05) is 37.7 Å². The molecular weight excluding hydrogens is 270 g/mol. The molecule has 0 aliphatic carbocycles. The molecule has 1 aromatic carbocycles. The lowest BCUT2D eigenvalue weighted by Gasteiger charge is -2.27. The second kappa shape index (κ2) is 6.72. The van der Waals surface area contributed by atoms with Crippen LogP contribution in [0.25, 0.3) is 0 Å². The Morgan fingerprint density at radius 3 is 2.80 bits per heavy atom. The Balaban J connectivity index is 2.22. The Bertz CT molecular complexity index is 437. The van der Waals surface area contributed by atoms with E-state index >= 15 is 0 Å². The maximum atomic E-state index is 6.25. The molecule has 2 rings (SSSR count). The van der Waals surface area contributed by atoms with E-state index in [0.29, 0.717) is 0 Å². The van der Waals surface area contributed by atoms with E-state index in [2.05, 4.69) is 6.07 Å². The highest BCUT2D eigenvalue weighted by atomic mass is 32.2. The summed E-state index contributed by atoms with van der Waals surface area (Å²) in [5, 5.41) is 0. The van der Waals surface area contributed by atoms with E-state index in [0.717, 1.165) is 35.7 Å². The molecule has 0 spiro atoms. The number of para-hydroxylation sites is 1. The molecule has 1 aliphatic rings. The van der Waals surface area contributed by atoms with Crippen molar-refractivity contribution in [2.24, 2.45) is 5.73 Å². The minimum atomic E-state index is -0.258. The minimum absolute atomic E-state index is 0.258. The number of rotatable bonds is 5. The summed E-state index contributed by atoms with van der Waals surface area (Å²) in [5.41, 5.74) is 7.03. The normalized spacial score (nSPS) is 19.7. The van der Waals surface area contributed by atoms with E-state index in [1.165, 1.54) is 12.2 Å². The molecule has 4 heteroatoms. The van der Waals surface area contributed by atoms with Crippen molar-refractivity contribution in [2.45, 2.75) is 44.8 Å². The first-order valence-corrected chi connectivity index (χ1v) is 8.34. The molecule has 1 fully saturated rings. The van der Waals surface area contributed by atoms with E-state index in [4.69, 9.17) is 15.2 Å². The summed E-state index contributed by atoms with van der Waals surface area (Å²) in [7, 11) is 1.69. The summed E-state index contributed by atoms with van der Waals surface area (Å²) in [6.07, 6.45) is 3.41. The van der Waals surface area contributed by atoms with Crippen LogP contribution >= 0.6 is 11.8 Å². The van der Waals surface area contributed by atoms with Crippen molar-refractivity contribution in [3.05, 3.63) is 23.8 Å². The Labute approximate surface area is 126 Å². The predicted molar refractivity (Wildman–Crippen MR) is 85.9 cm³/mol. The van der Waals surface area contributed by atoms with Crippen LogP contribution in [0.1, 0.15) is 32.3 Å². The first-order chi connectivity index (χ1) is 9.49. The van der Waals surface area contributed by atoms with Crippen molar-refractivity contribution < 1.29 is 9.47 Å². The molecule has 112 valence electrons. The quantitative estimate of drug-likeness (QED) is 0.905. The first-order valence-electron chi connectivity index (χ1n) is 7.19. The Morgan fingerprint density at radius 2 is 2.20 bits per heavy atom. The maximum Gasteiger partial charge on any atom is 0.164 e. The van der Waals surface area contributed by atoms with Crippen molar-refractivity contribution in [1.29, 1.82) is 0 Å². The number of ether oxygens (including phenoxy) is 2. The van der Waals surface area contributed by atoms with Gasteiger partial charge in [-0.05, 0) is 50.5 Å². The van der Waals surface area contributed by atoms with Gasteiger partial charge in [-0.3, -0.25) is 0 Å². The van der Waals surface area contributed by atoms with Crippen LogP contribution in [-0.2, 0) is 6.42 Å². The molecule has 20 heavy (non-hydrogen) atoms. The molecule has 3 nitrogen and oxygen atoms in total. The number of thioether (sulfide) groups is 1. The van der Waals surface area contributed by atoms with Crippen LogP contribution in [0, 0.1) is 0 Å². The Morgan fingerprint density at radius 1 is 1.40 bits per heavy atom. The molecule has 0 saturated carbocycles. The van der Waals surface area contributed by atoms with Crippen LogP contribution < -0.4 is 15.2 Å². The zero-order valence-corrected chi connectivity index (χ0v) is 13.5. The molecule has 2 N–H and O–H groups in total. The lowest BCUT2D eigenvalue weighted by molar-refractivity contribution is 0.199. The summed E-state index contributed by atoms with van der Waals surface area (Å²) in [6.45, 7) is 4.07. The molecule has 0 bridgehead atoms. The van der Waals surface area contributed by atoms with Crippen molar-refractivity contribution in [1.82, 2.24) is 0 Å². The van der Waals surface area contributed by atoms with Gasteiger partial charge in [0, 0.05) is 11.3 Å². The Kier molecular flexibility index (Phi) is 5.22. The average Bonchev–Trinajstić information content (AvgIpc) is 2.40. The molecule has 1 aromatic rings. The molecule has 1 atom stereocenters. The highest BCUT2D eigenvalue weighted by molar-refractivity contribution is 7.99. The third kappa shape index (κ3) is 4.32. The average molecular weight is 295 g/mol. The monoisotopic (exact) mass is 295 g/mol. The lowest BCUT2D eigenvalue weighted by Crippen LogP contribution is -2.35. The fourth-order valence-corrected chi connectivity index (χ4v) is 3.49. The number of hydrogen-bond acceptors (Lipinski definition) is 4. The summed E-state index contributed by atoms with van der Waals surface area (Å²) < 4.78 is 11.7. The van der Waals surface area contributed by atoms with Crippen molar-refractivity contribution in [3.8, 4) is 11.5 Å². The number of hydrogen-bond donors (Lipinski definition) is 1. The smallest absolute Gasteiger partial charge is 0.164 e. The molecular formula is C16H25NO2S. The van der Waals surface area contributed by atoms with Gasteiger partial charge in [0.05, 0.1) is 7.11 Å². The number of benzene rings is 1. The first kappa shape index (κ1) is 15.5. The SMILES string of the molecule is COc1cccc(CC(C)(C)N)c1OC1CCCSC1. The third-order valence-corrected chi connectivity index (χ3v) is 4.51. The molecule has 1 heterocycles. The number of nitrogens with two attached hydrogens (primary N) is 1. The van der Waals surface area contributed by atoms with Gasteiger partial charge in [-0.25, -0.2) is 0 Å². The predicted octanol–water partition coefficient (Wildman–Crippen LogP) is 3.25. The molecule has 0 aromatic heterocycles. The van der Waals surface area contributed by atoms with Crippen LogP contribution in [0.15, 0.2) is 18.2 Å². The van der Waals surface area contributed by atoms with Gasteiger partial charge in [0.2, 0.25) is 0 Å². The van der Waals surface area contributed by atoms with E-state index in [1.54, 1.807) is 7.11 Å². The number of methoxy groups -OCH3 is 1. The fourth-order valence-electron chi connectivity index (χ4n) is 2.46. The highest BCUT2D eigenvalue weighted by Crippen LogP contribution is 2.35. The largest absolute Gasteiger partial charge is 0.493 e. The van der Waals surface area contributed by atoms with Gasteiger partial charge < -0.3 is 15.2 Å². The van der Waals surface area contributed by atoms with Crippen LogP contribution in [0.3, 0.4) is 0 Å². The molecule has 1 unspecified atom stereocenters. The van der Waals surface area contributed by atoms with Crippen LogP contribution in [0.2, 0.25) is 0 Å². The van der Waals surface area contributed by atoms with Gasteiger partial charge in [-0.1, -0.05) is 12.1 Å². The van der Waals surface area contributed by atoms with Gasteiger partial charge in [0.15, 0.2) is 11.5 Å². The van der Waals surface area contributed by atoms with Gasteiger partial charge >= 0.3 is 0 Å².